The van der Waals surface area contributed by atoms with Gasteiger partial charge in [-0.15, -0.1) is 0 Å². The maximum Gasteiger partial charge on any atom is 0.414 e. The molecule has 6 nitrogen and oxygen atoms in total. The number of hydrogen-bond acceptors (Lipinski definition) is 4. The fraction of sp³-hybridized carbons (Fsp3) is 0.500. The lowest BCUT2D eigenvalue weighted by Gasteiger charge is -2.37. The van der Waals surface area contributed by atoms with E-state index in [1.807, 2.05) is 34.9 Å². The van der Waals surface area contributed by atoms with Gasteiger partial charge in [0.05, 0.1) is 6.54 Å². The molecule has 2 fully saturated rings. The van der Waals surface area contributed by atoms with Crippen LogP contribution < -0.4 is 10.2 Å². The Morgan fingerprint density at radius 2 is 2.17 bits per heavy atom. The third-order valence-corrected chi connectivity index (χ3v) is 5.65. The first kappa shape index (κ1) is 16.0. The van der Waals surface area contributed by atoms with Gasteiger partial charge in [-0.05, 0) is 25.1 Å². The molecule has 2 saturated heterocycles. The molecule has 0 bridgehead atoms. The molecular formula is C16H21N3O3S. The highest BCUT2D eigenvalue weighted by Gasteiger charge is 2.29. The second-order valence-electron chi connectivity index (χ2n) is 5.76. The summed E-state index contributed by atoms with van der Waals surface area (Å²) in [5.41, 5.74) is 1.42. The van der Waals surface area contributed by atoms with Crippen LogP contribution in [0, 0.1) is 0 Å². The Bertz CT molecular complexity index is 610. The average Bonchev–Trinajstić information content (AvgIpc) is 2.96. The molecule has 3 rings (SSSR count). The van der Waals surface area contributed by atoms with Crippen molar-refractivity contribution >= 4 is 35.3 Å². The number of ether oxygens (including phenoxy) is 1. The minimum atomic E-state index is -0.344. The zero-order valence-corrected chi connectivity index (χ0v) is 14.1. The summed E-state index contributed by atoms with van der Waals surface area (Å²) in [7, 11) is 0. The summed E-state index contributed by atoms with van der Waals surface area (Å²) in [5, 5.41) is 3.37. The summed E-state index contributed by atoms with van der Waals surface area (Å²) >= 11 is 1.89. The predicted octanol–water partition coefficient (Wildman–Crippen LogP) is 3.00. The summed E-state index contributed by atoms with van der Waals surface area (Å²) in [6.45, 7) is 5.91. The molecular weight excluding hydrogens is 314 g/mol. The highest BCUT2D eigenvalue weighted by atomic mass is 32.2. The van der Waals surface area contributed by atoms with Gasteiger partial charge in [0.1, 0.15) is 6.61 Å². The van der Waals surface area contributed by atoms with E-state index in [0.29, 0.717) is 24.1 Å². The van der Waals surface area contributed by atoms with Crippen molar-refractivity contribution in [2.45, 2.75) is 25.1 Å². The number of rotatable bonds is 2. The standard InChI is InChI=1S/C16H21N3O3S/c1-11-12(2)23-9-7-18(11)15(20)17-13-4-3-5-14(10-13)19-6-8-22-16(19)21/h3-5,10-12H,6-9H2,1-2H3,(H,17,20)/t11-,12+/m1/s1. The minimum absolute atomic E-state index is 0.0919. The third-order valence-electron chi connectivity index (χ3n) is 4.31. The molecule has 0 unspecified atom stereocenters. The van der Waals surface area contributed by atoms with E-state index in [1.54, 1.807) is 11.0 Å². The third kappa shape index (κ3) is 3.39. The lowest BCUT2D eigenvalue weighted by Crippen LogP contribution is -2.49. The van der Waals surface area contributed by atoms with Crippen molar-refractivity contribution in [2.24, 2.45) is 0 Å². The molecule has 23 heavy (non-hydrogen) atoms. The molecule has 2 aliphatic heterocycles. The molecule has 3 amide bonds. The number of amides is 3. The van der Waals surface area contributed by atoms with Crippen molar-refractivity contribution in [1.29, 1.82) is 0 Å². The van der Waals surface area contributed by atoms with Gasteiger partial charge in [-0.25, -0.2) is 9.59 Å². The molecule has 2 aliphatic rings. The van der Waals surface area contributed by atoms with Crippen LogP contribution in [0.5, 0.6) is 0 Å². The Kier molecular flexibility index (Phi) is 4.66. The van der Waals surface area contributed by atoms with Gasteiger partial charge in [0.15, 0.2) is 0 Å². The number of cyclic esters (lactones) is 1. The first-order valence-corrected chi connectivity index (χ1v) is 8.85. The van der Waals surface area contributed by atoms with Crippen LogP contribution in [0.2, 0.25) is 0 Å². The van der Waals surface area contributed by atoms with E-state index in [0.717, 1.165) is 18.0 Å². The summed E-state index contributed by atoms with van der Waals surface area (Å²) in [6, 6.07) is 7.41. The fourth-order valence-electron chi connectivity index (χ4n) is 2.79. The van der Waals surface area contributed by atoms with Crippen molar-refractivity contribution < 1.29 is 14.3 Å². The Balaban J connectivity index is 1.70. The van der Waals surface area contributed by atoms with Gasteiger partial charge in [0.25, 0.3) is 0 Å². The normalized spacial score (nSPS) is 24.5. The first-order valence-electron chi connectivity index (χ1n) is 7.80. The lowest BCUT2D eigenvalue weighted by molar-refractivity contribution is 0.181. The lowest BCUT2D eigenvalue weighted by atomic mass is 10.2. The van der Waals surface area contributed by atoms with Crippen LogP contribution >= 0.6 is 11.8 Å². The summed E-state index contributed by atoms with van der Waals surface area (Å²) in [6.07, 6.45) is -0.344. The number of urea groups is 1. The van der Waals surface area contributed by atoms with E-state index in [2.05, 4.69) is 19.2 Å². The number of thioether (sulfide) groups is 1. The highest BCUT2D eigenvalue weighted by Crippen LogP contribution is 2.26. The first-order chi connectivity index (χ1) is 11.1. The molecule has 124 valence electrons. The van der Waals surface area contributed by atoms with Gasteiger partial charge in [-0.3, -0.25) is 4.90 Å². The SMILES string of the molecule is C[C@@H]1SCCN(C(=O)Nc2cccc(N3CCOC3=O)c2)[C@@H]1C. The maximum atomic E-state index is 12.5. The monoisotopic (exact) mass is 335 g/mol. The molecule has 0 spiro atoms. The zero-order valence-electron chi connectivity index (χ0n) is 13.3. The summed E-state index contributed by atoms with van der Waals surface area (Å²) in [5.74, 6) is 0.957. The number of hydrogen-bond donors (Lipinski definition) is 1. The topological polar surface area (TPSA) is 61.9 Å². The van der Waals surface area contributed by atoms with E-state index >= 15 is 0 Å². The van der Waals surface area contributed by atoms with Crippen LogP contribution in [0.15, 0.2) is 24.3 Å². The van der Waals surface area contributed by atoms with Crippen LogP contribution in [0.25, 0.3) is 0 Å². The molecule has 1 N–H and O–H groups in total. The highest BCUT2D eigenvalue weighted by molar-refractivity contribution is 8.00. The number of nitrogens with zero attached hydrogens (tertiary/aromatic N) is 2. The Hall–Kier alpha value is -1.89. The van der Waals surface area contributed by atoms with E-state index in [4.69, 9.17) is 4.74 Å². The molecule has 1 aromatic carbocycles. The average molecular weight is 335 g/mol. The largest absolute Gasteiger partial charge is 0.447 e. The molecule has 1 aromatic rings. The predicted molar refractivity (Wildman–Crippen MR) is 92.2 cm³/mol. The van der Waals surface area contributed by atoms with Crippen LogP contribution in [-0.2, 0) is 4.74 Å². The zero-order chi connectivity index (χ0) is 16.4. The van der Waals surface area contributed by atoms with Gasteiger partial charge in [0, 0.05) is 35.0 Å². The number of nitrogens with one attached hydrogen (secondary N) is 1. The minimum Gasteiger partial charge on any atom is -0.447 e. The quantitative estimate of drug-likeness (QED) is 0.902. The van der Waals surface area contributed by atoms with Crippen LogP contribution in [0.4, 0.5) is 21.0 Å². The number of carbonyl (C=O) groups is 2. The molecule has 0 saturated carbocycles. The summed E-state index contributed by atoms with van der Waals surface area (Å²) < 4.78 is 4.95. The van der Waals surface area contributed by atoms with Gasteiger partial charge in [-0.1, -0.05) is 13.0 Å². The van der Waals surface area contributed by atoms with E-state index in [1.165, 1.54) is 0 Å². The van der Waals surface area contributed by atoms with Gasteiger partial charge in [0.2, 0.25) is 0 Å². The molecule has 2 atom stereocenters. The second-order valence-corrected chi connectivity index (χ2v) is 7.24. The number of anilines is 2. The van der Waals surface area contributed by atoms with E-state index in [9.17, 15) is 9.59 Å². The Morgan fingerprint density at radius 1 is 1.35 bits per heavy atom. The van der Waals surface area contributed by atoms with Gasteiger partial charge in [-0.2, -0.15) is 11.8 Å². The molecule has 0 radical (unpaired) electrons. The van der Waals surface area contributed by atoms with Crippen LogP contribution in [0.1, 0.15) is 13.8 Å². The Labute approximate surface area is 140 Å². The molecule has 2 heterocycles. The second kappa shape index (κ2) is 6.70. The van der Waals surface area contributed by atoms with Crippen molar-refractivity contribution in [3.8, 4) is 0 Å². The smallest absolute Gasteiger partial charge is 0.414 e. The van der Waals surface area contributed by atoms with Gasteiger partial charge < -0.3 is 15.0 Å². The number of benzene rings is 1. The van der Waals surface area contributed by atoms with Crippen molar-refractivity contribution in [3.63, 3.8) is 0 Å². The maximum absolute atomic E-state index is 12.5. The van der Waals surface area contributed by atoms with E-state index in [-0.39, 0.29) is 18.2 Å². The van der Waals surface area contributed by atoms with Crippen LogP contribution in [0.3, 0.4) is 0 Å². The van der Waals surface area contributed by atoms with E-state index < -0.39 is 0 Å². The molecule has 7 heteroatoms. The summed E-state index contributed by atoms with van der Waals surface area (Å²) in [4.78, 5) is 27.6. The molecule has 0 aliphatic carbocycles. The Morgan fingerprint density at radius 3 is 2.91 bits per heavy atom. The molecule has 0 aromatic heterocycles. The van der Waals surface area contributed by atoms with Crippen molar-refractivity contribution in [1.82, 2.24) is 4.90 Å². The van der Waals surface area contributed by atoms with Crippen molar-refractivity contribution in [2.75, 3.05) is 35.7 Å². The van der Waals surface area contributed by atoms with Crippen molar-refractivity contribution in [3.05, 3.63) is 24.3 Å². The van der Waals surface area contributed by atoms with Crippen LogP contribution in [-0.4, -0.2) is 53.8 Å². The van der Waals surface area contributed by atoms with Gasteiger partial charge >= 0.3 is 12.1 Å². The fourth-order valence-corrected chi connectivity index (χ4v) is 3.89. The number of carbonyl (C=O) groups excluding carboxylic acids is 2.